The summed E-state index contributed by atoms with van der Waals surface area (Å²) < 4.78 is 41.6. The van der Waals surface area contributed by atoms with Gasteiger partial charge < -0.3 is 5.32 Å². The van der Waals surface area contributed by atoms with Crippen molar-refractivity contribution in [1.82, 2.24) is 9.71 Å². The molecule has 30 heavy (non-hydrogen) atoms. The summed E-state index contributed by atoms with van der Waals surface area (Å²) in [5.74, 6) is -0.660. The number of halogens is 1. The van der Waals surface area contributed by atoms with Crippen LogP contribution in [0.15, 0.2) is 30.3 Å². The highest BCUT2D eigenvalue weighted by molar-refractivity contribution is 7.90. The van der Waals surface area contributed by atoms with Gasteiger partial charge in [0.2, 0.25) is 15.9 Å². The van der Waals surface area contributed by atoms with Gasteiger partial charge in [0.1, 0.15) is 5.82 Å². The molecule has 2 N–H and O–H groups in total. The molecule has 0 bridgehead atoms. The standard InChI is InChI=1S/C21H22FN3O3S2/c22-14-5-8-17-12(10-14)4-9-18-19(17)29-21(23-18)24-20(26)13-2-1-3-15(11-13)25-30(27,28)16-6-7-16/h4-5,8-10,13,15-16,25H,1-3,6-7,11H2,(H,23,24,26)/t13-,15+/m0/s1. The summed E-state index contributed by atoms with van der Waals surface area (Å²) in [5, 5.41) is 4.86. The Morgan fingerprint density at radius 2 is 1.97 bits per heavy atom. The Labute approximate surface area is 177 Å². The number of hydrogen-bond donors (Lipinski definition) is 2. The van der Waals surface area contributed by atoms with E-state index in [-0.39, 0.29) is 28.9 Å². The molecule has 2 aliphatic carbocycles. The number of nitrogens with one attached hydrogen (secondary N) is 2. The first-order valence-corrected chi connectivity index (χ1v) is 12.6. The molecule has 5 rings (SSSR count). The van der Waals surface area contributed by atoms with Gasteiger partial charge >= 0.3 is 0 Å². The predicted molar refractivity (Wildman–Crippen MR) is 117 cm³/mol. The molecule has 3 aromatic rings. The second-order valence-electron chi connectivity index (χ2n) is 8.21. The average Bonchev–Trinajstić information content (AvgIpc) is 3.49. The number of aromatic nitrogens is 1. The molecule has 0 aliphatic heterocycles. The molecule has 2 atom stereocenters. The Hall–Kier alpha value is -2.10. The van der Waals surface area contributed by atoms with E-state index in [1.165, 1.54) is 23.5 Å². The fraction of sp³-hybridized carbons (Fsp3) is 0.429. The second-order valence-corrected chi connectivity index (χ2v) is 11.2. The third-order valence-corrected chi connectivity index (χ3v) is 8.93. The minimum atomic E-state index is -3.25. The Kier molecular flexibility index (Phi) is 4.99. The Morgan fingerprint density at radius 1 is 1.13 bits per heavy atom. The fourth-order valence-electron chi connectivity index (χ4n) is 4.19. The number of amides is 1. The molecule has 1 aromatic heterocycles. The number of fused-ring (bicyclic) bond motifs is 3. The lowest BCUT2D eigenvalue weighted by molar-refractivity contribution is -0.120. The zero-order valence-corrected chi connectivity index (χ0v) is 17.9. The van der Waals surface area contributed by atoms with Crippen LogP contribution < -0.4 is 10.0 Å². The highest BCUT2D eigenvalue weighted by Gasteiger charge is 2.38. The van der Waals surface area contributed by atoms with Gasteiger partial charge in [0.25, 0.3) is 0 Å². The summed E-state index contributed by atoms with van der Waals surface area (Å²) in [4.78, 5) is 17.3. The van der Waals surface area contributed by atoms with Crippen LogP contribution in [0.4, 0.5) is 9.52 Å². The van der Waals surface area contributed by atoms with Crippen molar-refractivity contribution in [2.24, 2.45) is 5.92 Å². The fourth-order valence-corrected chi connectivity index (χ4v) is 6.82. The summed E-state index contributed by atoms with van der Waals surface area (Å²) in [7, 11) is -3.25. The molecule has 6 nitrogen and oxygen atoms in total. The highest BCUT2D eigenvalue weighted by Crippen LogP contribution is 2.34. The van der Waals surface area contributed by atoms with E-state index in [1.807, 2.05) is 12.1 Å². The molecule has 2 aromatic carbocycles. The van der Waals surface area contributed by atoms with Gasteiger partial charge in [0.05, 0.1) is 15.5 Å². The van der Waals surface area contributed by atoms with Crippen LogP contribution in [-0.2, 0) is 14.8 Å². The van der Waals surface area contributed by atoms with E-state index in [2.05, 4.69) is 15.0 Å². The topological polar surface area (TPSA) is 88.2 Å². The van der Waals surface area contributed by atoms with Gasteiger partial charge in [-0.15, -0.1) is 0 Å². The minimum Gasteiger partial charge on any atom is -0.302 e. The van der Waals surface area contributed by atoms with Crippen molar-refractivity contribution in [1.29, 1.82) is 0 Å². The molecule has 1 amide bonds. The Morgan fingerprint density at radius 3 is 2.77 bits per heavy atom. The van der Waals surface area contributed by atoms with Gasteiger partial charge in [-0.05, 0) is 61.8 Å². The largest absolute Gasteiger partial charge is 0.302 e. The van der Waals surface area contributed by atoms with Crippen LogP contribution in [0.2, 0.25) is 0 Å². The van der Waals surface area contributed by atoms with Gasteiger partial charge in [-0.1, -0.05) is 23.8 Å². The molecular weight excluding hydrogens is 425 g/mol. The van der Waals surface area contributed by atoms with E-state index in [4.69, 9.17) is 0 Å². The molecule has 0 saturated heterocycles. The zero-order valence-electron chi connectivity index (χ0n) is 16.2. The smallest absolute Gasteiger partial charge is 0.229 e. The van der Waals surface area contributed by atoms with Crippen molar-refractivity contribution in [2.45, 2.75) is 49.8 Å². The van der Waals surface area contributed by atoms with E-state index in [9.17, 15) is 17.6 Å². The van der Waals surface area contributed by atoms with Crippen molar-refractivity contribution >= 4 is 53.4 Å². The van der Waals surface area contributed by atoms with Gasteiger partial charge in [0.15, 0.2) is 5.13 Å². The zero-order chi connectivity index (χ0) is 20.9. The molecule has 1 heterocycles. The monoisotopic (exact) mass is 447 g/mol. The molecular formula is C21H22FN3O3S2. The molecule has 2 saturated carbocycles. The van der Waals surface area contributed by atoms with Crippen LogP contribution in [-0.4, -0.2) is 30.6 Å². The molecule has 158 valence electrons. The molecule has 2 aliphatic rings. The molecule has 2 fully saturated rings. The third kappa shape index (κ3) is 3.93. The van der Waals surface area contributed by atoms with Crippen LogP contribution >= 0.6 is 11.3 Å². The summed E-state index contributed by atoms with van der Waals surface area (Å²) in [6, 6.07) is 8.10. The van der Waals surface area contributed by atoms with E-state index >= 15 is 0 Å². The molecule has 0 radical (unpaired) electrons. The number of carbonyl (C=O) groups excluding carboxylic acids is 1. The first kappa shape index (κ1) is 19.8. The van der Waals surface area contributed by atoms with E-state index in [0.717, 1.165) is 53.1 Å². The first-order valence-electron chi connectivity index (χ1n) is 10.2. The average molecular weight is 448 g/mol. The van der Waals surface area contributed by atoms with E-state index in [1.54, 1.807) is 6.07 Å². The van der Waals surface area contributed by atoms with Gasteiger partial charge in [-0.2, -0.15) is 0 Å². The van der Waals surface area contributed by atoms with Crippen LogP contribution in [0.1, 0.15) is 38.5 Å². The van der Waals surface area contributed by atoms with Crippen molar-refractivity contribution in [2.75, 3.05) is 5.32 Å². The third-order valence-electron chi connectivity index (χ3n) is 5.90. The second kappa shape index (κ2) is 7.55. The number of carbonyl (C=O) groups is 1. The lowest BCUT2D eigenvalue weighted by atomic mass is 9.85. The Bertz CT molecular complexity index is 1240. The molecule has 0 spiro atoms. The van der Waals surface area contributed by atoms with Crippen LogP contribution in [0.25, 0.3) is 21.0 Å². The summed E-state index contributed by atoms with van der Waals surface area (Å²) >= 11 is 1.37. The SMILES string of the molecule is O=C(Nc1nc2ccc3cc(F)ccc3c2s1)[C@H]1CCC[C@@H](NS(=O)(=O)C2CC2)C1. The number of sulfonamides is 1. The highest BCUT2D eigenvalue weighted by atomic mass is 32.2. The van der Waals surface area contributed by atoms with Gasteiger partial charge in [-0.25, -0.2) is 22.5 Å². The number of hydrogen-bond acceptors (Lipinski definition) is 5. The number of thiazole rings is 1. The first-order chi connectivity index (χ1) is 14.4. The van der Waals surface area contributed by atoms with E-state index in [0.29, 0.717) is 11.6 Å². The molecule has 0 unspecified atom stereocenters. The summed E-state index contributed by atoms with van der Waals surface area (Å²) in [6.45, 7) is 0. The van der Waals surface area contributed by atoms with Gasteiger partial charge in [0, 0.05) is 17.3 Å². The number of anilines is 1. The number of nitrogens with zero attached hydrogens (tertiary/aromatic N) is 1. The van der Waals surface area contributed by atoms with Crippen LogP contribution in [0.5, 0.6) is 0 Å². The van der Waals surface area contributed by atoms with Crippen LogP contribution in [0.3, 0.4) is 0 Å². The Balaban J connectivity index is 1.31. The predicted octanol–water partition coefficient (Wildman–Crippen LogP) is 4.17. The van der Waals surface area contributed by atoms with Crippen molar-refractivity contribution in [3.05, 3.63) is 36.1 Å². The van der Waals surface area contributed by atoms with Crippen molar-refractivity contribution in [3.8, 4) is 0 Å². The maximum Gasteiger partial charge on any atom is 0.229 e. The minimum absolute atomic E-state index is 0.125. The van der Waals surface area contributed by atoms with Crippen LogP contribution in [0, 0.1) is 11.7 Å². The maximum absolute atomic E-state index is 13.5. The lowest BCUT2D eigenvalue weighted by Crippen LogP contribution is -2.42. The number of rotatable bonds is 5. The normalized spacial score (nSPS) is 22.4. The van der Waals surface area contributed by atoms with Crippen molar-refractivity contribution in [3.63, 3.8) is 0 Å². The quantitative estimate of drug-likeness (QED) is 0.615. The van der Waals surface area contributed by atoms with E-state index < -0.39 is 10.0 Å². The summed E-state index contributed by atoms with van der Waals surface area (Å²) in [6.07, 6.45) is 4.27. The summed E-state index contributed by atoms with van der Waals surface area (Å²) in [5.41, 5.74) is 0.758. The molecule has 9 heteroatoms. The van der Waals surface area contributed by atoms with Crippen molar-refractivity contribution < 1.29 is 17.6 Å². The number of benzene rings is 2. The maximum atomic E-state index is 13.5. The lowest BCUT2D eigenvalue weighted by Gasteiger charge is -2.28. The van der Waals surface area contributed by atoms with Gasteiger partial charge in [-0.3, -0.25) is 4.79 Å².